The van der Waals surface area contributed by atoms with E-state index in [1.165, 1.54) is 0 Å². The number of nitrogens with zero attached hydrogens (tertiary/aromatic N) is 8. The van der Waals surface area contributed by atoms with Gasteiger partial charge in [0.1, 0.15) is 24.8 Å². The fourth-order valence-corrected chi connectivity index (χ4v) is 1.82. The van der Waals surface area contributed by atoms with Crippen LogP contribution in [0.1, 0.15) is 13.8 Å². The van der Waals surface area contributed by atoms with E-state index in [4.69, 9.17) is 0 Å². The van der Waals surface area contributed by atoms with Crippen LogP contribution in [0.5, 0.6) is 0 Å². The van der Waals surface area contributed by atoms with E-state index in [2.05, 4.69) is 34.2 Å². The van der Waals surface area contributed by atoms with Crippen molar-refractivity contribution < 1.29 is 9.13 Å². The first-order valence-corrected chi connectivity index (χ1v) is 6.52. The van der Waals surface area contributed by atoms with E-state index in [1.807, 2.05) is 46.6 Å². The summed E-state index contributed by atoms with van der Waals surface area (Å²) >= 11 is 0. The fraction of sp³-hybridized carbons (Fsp3) is 0.333. The lowest BCUT2D eigenvalue weighted by Crippen LogP contribution is -2.29. The molecule has 8 nitrogen and oxygen atoms in total. The third-order valence-corrected chi connectivity index (χ3v) is 3.03. The molecular weight excluding hydrogens is 256 g/mol. The van der Waals surface area contributed by atoms with Gasteiger partial charge in [-0.15, -0.1) is 0 Å². The molecule has 0 saturated carbocycles. The van der Waals surface area contributed by atoms with Crippen LogP contribution >= 0.6 is 0 Å². The van der Waals surface area contributed by atoms with Gasteiger partial charge in [0.15, 0.2) is 0 Å². The average molecular weight is 272 g/mol. The van der Waals surface area contributed by atoms with Crippen molar-refractivity contribution in [2.45, 2.75) is 26.9 Å². The van der Waals surface area contributed by atoms with Crippen molar-refractivity contribution in [1.82, 2.24) is 29.5 Å². The summed E-state index contributed by atoms with van der Waals surface area (Å²) in [6.45, 7) is 5.93. The van der Waals surface area contributed by atoms with Crippen LogP contribution in [0.25, 0.3) is 11.9 Å². The highest BCUT2D eigenvalue weighted by molar-refractivity contribution is 5.09. The highest BCUT2D eigenvalue weighted by Gasteiger charge is 2.14. The second kappa shape index (κ2) is 5.16. The van der Waals surface area contributed by atoms with Gasteiger partial charge in [-0.25, -0.2) is 9.13 Å². The second-order valence-corrected chi connectivity index (χ2v) is 4.30. The number of hydrogen-bond acceptors (Lipinski definition) is 4. The highest BCUT2D eigenvalue weighted by Crippen LogP contribution is 1.98. The van der Waals surface area contributed by atoms with Crippen LogP contribution in [0.3, 0.4) is 0 Å². The Morgan fingerprint density at radius 3 is 1.50 bits per heavy atom. The third-order valence-electron chi connectivity index (χ3n) is 3.03. The summed E-state index contributed by atoms with van der Waals surface area (Å²) in [5.41, 5.74) is 0. The summed E-state index contributed by atoms with van der Waals surface area (Å²) in [6.07, 6.45) is 11.5. The molecule has 3 rings (SSSR count). The molecule has 0 N–H and O–H groups in total. The molecule has 0 unspecified atom stereocenters. The molecule has 3 aromatic heterocycles. The lowest BCUT2D eigenvalue weighted by Gasteiger charge is -1.93. The molecule has 0 saturated heterocycles. The molecule has 8 heteroatoms. The third kappa shape index (κ3) is 2.27. The molecule has 0 radical (unpaired) electrons. The molecule has 0 aliphatic rings. The van der Waals surface area contributed by atoms with Gasteiger partial charge in [0.05, 0.1) is 13.1 Å². The Morgan fingerprint density at radius 2 is 1.20 bits per heavy atom. The number of rotatable bonds is 4. The molecule has 0 fully saturated rings. The first-order chi connectivity index (χ1) is 9.80. The SMILES string of the molecule is CC[n+]1ccn(-c2nnc(-n3cc[n+](CC)c3)nn2)c1. The molecular formula is C12H16N8+2. The van der Waals surface area contributed by atoms with E-state index in [0.29, 0.717) is 11.9 Å². The monoisotopic (exact) mass is 272 g/mol. The minimum absolute atomic E-state index is 0.455. The standard InChI is InChI=1S/C12H16N8/c1-3-17-5-7-19(9-17)11-13-15-12(16-14-11)20-8-6-18(4-2)10-20/h5-10H,3-4H2,1-2H3/q+2. The zero-order valence-corrected chi connectivity index (χ0v) is 11.5. The first kappa shape index (κ1) is 12.4. The molecule has 3 heterocycles. The number of hydrogen-bond donors (Lipinski definition) is 0. The summed E-state index contributed by atoms with van der Waals surface area (Å²) in [5, 5.41) is 16.4. The molecule has 0 spiro atoms. The van der Waals surface area contributed by atoms with Crippen molar-refractivity contribution >= 4 is 0 Å². The number of aryl methyl sites for hydroxylation is 2. The Kier molecular flexibility index (Phi) is 3.20. The maximum atomic E-state index is 4.10. The van der Waals surface area contributed by atoms with E-state index in [0.717, 1.165) is 13.1 Å². The summed E-state index contributed by atoms with van der Waals surface area (Å²) < 4.78 is 7.62. The van der Waals surface area contributed by atoms with Gasteiger partial charge >= 0.3 is 11.9 Å². The summed E-state index contributed by atoms with van der Waals surface area (Å²) in [6, 6.07) is 0. The van der Waals surface area contributed by atoms with Crippen molar-refractivity contribution in [3.05, 3.63) is 37.4 Å². The highest BCUT2D eigenvalue weighted by atomic mass is 15.4. The molecule has 0 atom stereocenters. The van der Waals surface area contributed by atoms with E-state index >= 15 is 0 Å². The second-order valence-electron chi connectivity index (χ2n) is 4.30. The zero-order valence-electron chi connectivity index (χ0n) is 11.5. The number of aromatic nitrogens is 8. The molecule has 3 aromatic rings. The smallest absolute Gasteiger partial charge is 0.237 e. The van der Waals surface area contributed by atoms with E-state index in [9.17, 15) is 0 Å². The summed E-state index contributed by atoms with van der Waals surface area (Å²) in [5.74, 6) is 0.910. The van der Waals surface area contributed by atoms with Crippen LogP contribution in [0.2, 0.25) is 0 Å². The van der Waals surface area contributed by atoms with Gasteiger partial charge in [-0.3, -0.25) is 0 Å². The predicted molar refractivity (Wildman–Crippen MR) is 68.0 cm³/mol. The Hall–Kier alpha value is -2.64. The minimum Gasteiger partial charge on any atom is -0.237 e. The van der Waals surface area contributed by atoms with E-state index < -0.39 is 0 Å². The number of imidazole rings is 2. The topological polar surface area (TPSA) is 69.2 Å². The van der Waals surface area contributed by atoms with Crippen LogP contribution in [0.4, 0.5) is 0 Å². The summed E-state index contributed by atoms with van der Waals surface area (Å²) in [4.78, 5) is 0. The van der Waals surface area contributed by atoms with E-state index in [1.54, 1.807) is 9.13 Å². The van der Waals surface area contributed by atoms with Gasteiger partial charge in [-0.05, 0) is 13.8 Å². The van der Waals surface area contributed by atoms with Crippen LogP contribution in [0, 0.1) is 0 Å². The van der Waals surface area contributed by atoms with Crippen molar-refractivity contribution in [2.24, 2.45) is 0 Å². The van der Waals surface area contributed by atoms with Crippen LogP contribution < -0.4 is 9.13 Å². The quantitative estimate of drug-likeness (QED) is 0.598. The maximum absolute atomic E-state index is 4.10. The molecule has 0 aromatic carbocycles. The molecule has 102 valence electrons. The Morgan fingerprint density at radius 1 is 0.800 bits per heavy atom. The molecule has 0 bridgehead atoms. The van der Waals surface area contributed by atoms with Gasteiger partial charge in [0, 0.05) is 0 Å². The van der Waals surface area contributed by atoms with Gasteiger partial charge in [0.25, 0.3) is 12.7 Å². The van der Waals surface area contributed by atoms with Crippen LogP contribution in [-0.4, -0.2) is 29.5 Å². The first-order valence-electron chi connectivity index (χ1n) is 6.52. The molecule has 0 aliphatic heterocycles. The molecule has 20 heavy (non-hydrogen) atoms. The average Bonchev–Trinajstić information content (AvgIpc) is 3.16. The summed E-state index contributed by atoms with van der Waals surface area (Å²) in [7, 11) is 0. The van der Waals surface area contributed by atoms with Gasteiger partial charge in [-0.2, -0.15) is 9.13 Å². The van der Waals surface area contributed by atoms with Crippen molar-refractivity contribution in [3.8, 4) is 11.9 Å². The zero-order chi connectivity index (χ0) is 13.9. The lowest BCUT2D eigenvalue weighted by molar-refractivity contribution is -0.693. The Labute approximate surface area is 116 Å². The molecule has 0 amide bonds. The van der Waals surface area contributed by atoms with Gasteiger partial charge < -0.3 is 0 Å². The minimum atomic E-state index is 0.455. The largest absolute Gasteiger partial charge is 0.364 e. The fourth-order valence-electron chi connectivity index (χ4n) is 1.82. The van der Waals surface area contributed by atoms with Crippen molar-refractivity contribution in [2.75, 3.05) is 0 Å². The van der Waals surface area contributed by atoms with Gasteiger partial charge in [-0.1, -0.05) is 20.4 Å². The Bertz CT molecular complexity index is 635. The maximum Gasteiger partial charge on any atom is 0.364 e. The Balaban J connectivity index is 1.87. The van der Waals surface area contributed by atoms with E-state index in [-0.39, 0.29) is 0 Å². The van der Waals surface area contributed by atoms with Gasteiger partial charge in [0.2, 0.25) is 0 Å². The van der Waals surface area contributed by atoms with Crippen LogP contribution in [0.15, 0.2) is 37.4 Å². The van der Waals surface area contributed by atoms with Crippen LogP contribution in [-0.2, 0) is 13.1 Å². The normalized spacial score (nSPS) is 10.9. The lowest BCUT2D eigenvalue weighted by atomic mass is 10.7. The van der Waals surface area contributed by atoms with Crippen molar-refractivity contribution in [1.29, 1.82) is 0 Å². The molecule has 0 aliphatic carbocycles. The van der Waals surface area contributed by atoms with Crippen molar-refractivity contribution in [3.63, 3.8) is 0 Å². The predicted octanol–water partition coefficient (Wildman–Crippen LogP) is -0.537.